The Morgan fingerprint density at radius 3 is 2.64 bits per heavy atom. The van der Waals surface area contributed by atoms with Crippen LogP contribution in [0.2, 0.25) is 0 Å². The maximum atomic E-state index is 12.8. The zero-order chi connectivity index (χ0) is 20.9. The Kier molecular flexibility index (Phi) is 7.97. The Hall–Kier alpha value is -1.51. The summed E-state index contributed by atoms with van der Waals surface area (Å²) in [5, 5.41) is 14.9. The van der Waals surface area contributed by atoms with Crippen molar-refractivity contribution in [3.8, 4) is 10.6 Å². The molecule has 0 saturated heterocycles. The molecule has 0 saturated carbocycles. The summed E-state index contributed by atoms with van der Waals surface area (Å²) in [6.07, 6.45) is 0.735. The van der Waals surface area contributed by atoms with E-state index >= 15 is 0 Å². The highest BCUT2D eigenvalue weighted by Crippen LogP contribution is 2.28. The molecule has 9 heteroatoms. The first-order valence-corrected chi connectivity index (χ1v) is 11.1. The number of nitrogens with one attached hydrogen (secondary N) is 2. The van der Waals surface area contributed by atoms with E-state index in [1.165, 1.54) is 11.3 Å². The summed E-state index contributed by atoms with van der Waals surface area (Å²) < 4.78 is 0.937. The van der Waals surface area contributed by atoms with E-state index < -0.39 is 11.5 Å². The van der Waals surface area contributed by atoms with E-state index in [1.807, 2.05) is 38.1 Å². The zero-order valence-electron chi connectivity index (χ0n) is 16.3. The number of amides is 2. The molecule has 0 aliphatic heterocycles. The average Bonchev–Trinajstić information content (AvgIpc) is 3.13. The number of carbonyl (C=O) groups is 2. The Morgan fingerprint density at radius 1 is 1.32 bits per heavy atom. The standard InChI is InChI=1S/C19H24BrClN4O2S/c1-5-11(2)14(22-17(27)19(3,4)10-21)15(26)23-18-25-24-16(28-18)12-7-6-8-13(20)9-12/h6-9,11,14H,5,10H2,1-4H3,(H,22,27)(H,23,25,26). The molecule has 2 aromatic rings. The molecule has 1 aromatic heterocycles. The van der Waals surface area contributed by atoms with Crippen LogP contribution in [0.1, 0.15) is 34.1 Å². The summed E-state index contributed by atoms with van der Waals surface area (Å²) >= 11 is 10.6. The van der Waals surface area contributed by atoms with E-state index in [9.17, 15) is 9.59 Å². The Morgan fingerprint density at radius 2 is 2.04 bits per heavy atom. The number of nitrogens with zero attached hydrogens (tertiary/aromatic N) is 2. The van der Waals surface area contributed by atoms with Crippen LogP contribution in [0.4, 0.5) is 5.13 Å². The van der Waals surface area contributed by atoms with Crippen molar-refractivity contribution in [3.63, 3.8) is 0 Å². The van der Waals surface area contributed by atoms with Gasteiger partial charge in [-0.1, -0.05) is 59.7 Å². The molecule has 0 radical (unpaired) electrons. The van der Waals surface area contributed by atoms with Gasteiger partial charge in [-0.15, -0.1) is 21.8 Å². The average molecular weight is 488 g/mol. The summed E-state index contributed by atoms with van der Waals surface area (Å²) in [5.41, 5.74) is 0.146. The fraction of sp³-hybridized carbons (Fsp3) is 0.474. The molecule has 2 amide bonds. The third kappa shape index (κ3) is 5.75. The number of benzene rings is 1. The summed E-state index contributed by atoms with van der Waals surface area (Å²) in [6, 6.07) is 7.01. The van der Waals surface area contributed by atoms with E-state index in [4.69, 9.17) is 11.6 Å². The van der Waals surface area contributed by atoms with Crippen LogP contribution in [-0.2, 0) is 9.59 Å². The molecule has 6 nitrogen and oxygen atoms in total. The summed E-state index contributed by atoms with van der Waals surface area (Å²) in [6.45, 7) is 7.39. The lowest BCUT2D eigenvalue weighted by atomic mass is 9.92. The van der Waals surface area contributed by atoms with Crippen LogP contribution in [0.3, 0.4) is 0 Å². The van der Waals surface area contributed by atoms with Crippen LogP contribution in [0.25, 0.3) is 10.6 Å². The SMILES string of the molecule is CCC(C)C(NC(=O)C(C)(C)CCl)C(=O)Nc1nnc(-c2cccc(Br)c2)s1. The molecule has 0 aliphatic rings. The number of aromatic nitrogens is 2. The second kappa shape index (κ2) is 9.80. The number of carbonyl (C=O) groups excluding carboxylic acids is 2. The van der Waals surface area contributed by atoms with Gasteiger partial charge in [0.1, 0.15) is 11.0 Å². The summed E-state index contributed by atoms with van der Waals surface area (Å²) in [7, 11) is 0. The quantitative estimate of drug-likeness (QED) is 0.529. The third-order valence-electron chi connectivity index (χ3n) is 4.46. The molecule has 0 bridgehead atoms. The minimum Gasteiger partial charge on any atom is -0.344 e. The molecule has 0 spiro atoms. The van der Waals surface area contributed by atoms with E-state index in [2.05, 4.69) is 36.8 Å². The third-order valence-corrected chi connectivity index (χ3v) is 6.51. The summed E-state index contributed by atoms with van der Waals surface area (Å²) in [4.78, 5) is 25.3. The van der Waals surface area contributed by atoms with Gasteiger partial charge in [-0.25, -0.2) is 0 Å². The second-order valence-electron chi connectivity index (χ2n) is 7.27. The van der Waals surface area contributed by atoms with Crippen LogP contribution in [0, 0.1) is 11.3 Å². The lowest BCUT2D eigenvalue weighted by molar-refractivity contribution is -0.132. The Labute approximate surface area is 182 Å². The first-order valence-electron chi connectivity index (χ1n) is 8.95. The van der Waals surface area contributed by atoms with Crippen molar-refractivity contribution in [1.29, 1.82) is 0 Å². The van der Waals surface area contributed by atoms with Gasteiger partial charge >= 0.3 is 0 Å². The predicted molar refractivity (Wildman–Crippen MR) is 118 cm³/mol. The fourth-order valence-electron chi connectivity index (χ4n) is 2.29. The molecule has 0 fully saturated rings. The maximum absolute atomic E-state index is 12.8. The van der Waals surface area contributed by atoms with Crippen LogP contribution in [0.15, 0.2) is 28.7 Å². The van der Waals surface area contributed by atoms with Gasteiger partial charge in [0, 0.05) is 15.9 Å². The molecule has 1 aromatic carbocycles. The molecule has 152 valence electrons. The van der Waals surface area contributed by atoms with Crippen LogP contribution in [0.5, 0.6) is 0 Å². The minimum atomic E-state index is -0.760. The largest absolute Gasteiger partial charge is 0.344 e. The van der Waals surface area contributed by atoms with Crippen molar-refractivity contribution in [2.24, 2.45) is 11.3 Å². The summed E-state index contributed by atoms with van der Waals surface area (Å²) in [5.74, 6) is -0.451. The molecule has 2 N–H and O–H groups in total. The Balaban J connectivity index is 2.14. The van der Waals surface area contributed by atoms with E-state index in [-0.39, 0.29) is 23.6 Å². The van der Waals surface area contributed by atoms with E-state index in [0.29, 0.717) is 10.1 Å². The predicted octanol–water partition coefficient (Wildman–Crippen LogP) is 4.70. The topological polar surface area (TPSA) is 84.0 Å². The number of rotatable bonds is 8. The van der Waals surface area contributed by atoms with Crippen molar-refractivity contribution in [2.75, 3.05) is 11.2 Å². The highest BCUT2D eigenvalue weighted by molar-refractivity contribution is 9.10. The zero-order valence-corrected chi connectivity index (χ0v) is 19.4. The number of halogens is 2. The lowest BCUT2D eigenvalue weighted by Gasteiger charge is -2.28. The second-order valence-corrected chi connectivity index (χ2v) is 9.43. The number of hydrogen-bond acceptors (Lipinski definition) is 5. The van der Waals surface area contributed by atoms with Crippen LogP contribution < -0.4 is 10.6 Å². The molecular weight excluding hydrogens is 464 g/mol. The molecule has 0 aliphatic carbocycles. The van der Waals surface area contributed by atoms with E-state index in [1.54, 1.807) is 13.8 Å². The smallest absolute Gasteiger partial charge is 0.249 e. The van der Waals surface area contributed by atoms with Crippen LogP contribution in [-0.4, -0.2) is 33.9 Å². The number of hydrogen-bond donors (Lipinski definition) is 2. The Bertz CT molecular complexity index is 843. The van der Waals surface area contributed by atoms with Gasteiger partial charge in [-0.05, 0) is 31.9 Å². The van der Waals surface area contributed by atoms with Crippen molar-refractivity contribution < 1.29 is 9.59 Å². The van der Waals surface area contributed by atoms with Gasteiger partial charge in [-0.3, -0.25) is 14.9 Å². The first-order chi connectivity index (χ1) is 13.2. The maximum Gasteiger partial charge on any atom is 0.249 e. The van der Waals surface area contributed by atoms with Crippen molar-refractivity contribution in [3.05, 3.63) is 28.7 Å². The van der Waals surface area contributed by atoms with Gasteiger partial charge in [-0.2, -0.15) is 0 Å². The number of anilines is 1. The molecule has 2 unspecified atom stereocenters. The number of alkyl halides is 1. The highest BCUT2D eigenvalue weighted by atomic mass is 79.9. The lowest BCUT2D eigenvalue weighted by Crippen LogP contribution is -2.51. The van der Waals surface area contributed by atoms with Crippen molar-refractivity contribution >= 4 is 55.8 Å². The van der Waals surface area contributed by atoms with Gasteiger partial charge in [0.05, 0.1) is 5.41 Å². The van der Waals surface area contributed by atoms with Gasteiger partial charge in [0.25, 0.3) is 0 Å². The fourth-order valence-corrected chi connectivity index (χ4v) is 3.56. The molecule has 2 rings (SSSR count). The van der Waals surface area contributed by atoms with Crippen LogP contribution >= 0.6 is 38.9 Å². The normalized spacial score (nSPS) is 13.6. The van der Waals surface area contributed by atoms with Crippen molar-refractivity contribution in [2.45, 2.75) is 40.2 Å². The minimum absolute atomic E-state index is 0.0486. The first kappa shape index (κ1) is 22.8. The van der Waals surface area contributed by atoms with Crippen molar-refractivity contribution in [1.82, 2.24) is 15.5 Å². The molecule has 1 heterocycles. The van der Waals surface area contributed by atoms with Gasteiger partial charge in [0.2, 0.25) is 16.9 Å². The molecular formula is C19H24BrClN4O2S. The van der Waals surface area contributed by atoms with E-state index in [0.717, 1.165) is 16.5 Å². The highest BCUT2D eigenvalue weighted by Gasteiger charge is 2.33. The monoisotopic (exact) mass is 486 g/mol. The van der Waals surface area contributed by atoms with Gasteiger partial charge < -0.3 is 5.32 Å². The van der Waals surface area contributed by atoms with Gasteiger partial charge in [0.15, 0.2) is 0 Å². The molecule has 28 heavy (non-hydrogen) atoms. The molecule has 2 atom stereocenters.